The normalized spacial score (nSPS) is 18.9. The second kappa shape index (κ2) is 11.4. The van der Waals surface area contributed by atoms with Crippen molar-refractivity contribution in [3.05, 3.63) is 24.3 Å². The van der Waals surface area contributed by atoms with E-state index in [9.17, 15) is 14.4 Å². The fourth-order valence-corrected chi connectivity index (χ4v) is 1.44. The highest BCUT2D eigenvalue weighted by atomic mass is 16.5. The third-order valence-corrected chi connectivity index (χ3v) is 2.92. The summed E-state index contributed by atoms with van der Waals surface area (Å²) in [5, 5.41) is 24.6. The number of aliphatic hydroxyl groups is 1. The summed E-state index contributed by atoms with van der Waals surface area (Å²) >= 11 is 0. The predicted octanol–water partition coefficient (Wildman–Crippen LogP) is 0.607. The van der Waals surface area contributed by atoms with E-state index in [1.54, 1.807) is 0 Å². The molecule has 0 spiro atoms. The lowest BCUT2D eigenvalue weighted by Crippen LogP contribution is -2.12. The van der Waals surface area contributed by atoms with E-state index in [0.717, 1.165) is 0 Å². The summed E-state index contributed by atoms with van der Waals surface area (Å²) in [4.78, 5) is 30.3. The van der Waals surface area contributed by atoms with Gasteiger partial charge in [0.2, 0.25) is 0 Å². The summed E-state index contributed by atoms with van der Waals surface area (Å²) in [6, 6.07) is 0. The summed E-state index contributed by atoms with van der Waals surface area (Å²) in [7, 11) is 0. The van der Waals surface area contributed by atoms with Crippen LogP contribution in [-0.4, -0.2) is 59.7 Å². The van der Waals surface area contributed by atoms with Crippen molar-refractivity contribution in [3.8, 4) is 0 Å². The molecule has 0 aliphatic carbocycles. The maximum absolute atomic E-state index is 10.3. The Morgan fingerprint density at radius 1 is 1.26 bits per heavy atom. The number of esters is 1. The van der Waals surface area contributed by atoms with Gasteiger partial charge in [0.15, 0.2) is 0 Å². The molecule has 0 aromatic rings. The van der Waals surface area contributed by atoms with Crippen LogP contribution >= 0.6 is 0 Å². The Morgan fingerprint density at radius 3 is 2.09 bits per heavy atom. The zero-order chi connectivity index (χ0) is 17.8. The molecule has 0 saturated carbocycles. The van der Waals surface area contributed by atoms with E-state index in [1.807, 2.05) is 0 Å². The van der Waals surface area contributed by atoms with E-state index < -0.39 is 11.9 Å². The van der Waals surface area contributed by atoms with Crippen LogP contribution in [0.5, 0.6) is 0 Å². The summed E-state index contributed by atoms with van der Waals surface area (Å²) < 4.78 is 9.36. The van der Waals surface area contributed by atoms with Crippen molar-refractivity contribution in [2.75, 3.05) is 26.4 Å². The average molecular weight is 330 g/mol. The van der Waals surface area contributed by atoms with Gasteiger partial charge in [-0.25, -0.2) is 9.59 Å². The van der Waals surface area contributed by atoms with Gasteiger partial charge in [0.1, 0.15) is 0 Å². The van der Waals surface area contributed by atoms with Crippen LogP contribution in [0.3, 0.4) is 0 Å². The van der Waals surface area contributed by atoms with Crippen molar-refractivity contribution in [1.82, 2.24) is 0 Å². The third kappa shape index (κ3) is 9.43. The molecule has 8 heteroatoms. The number of aliphatic hydroxyl groups excluding tert-OH is 1. The molecule has 0 aromatic heterocycles. The van der Waals surface area contributed by atoms with Crippen LogP contribution in [0.25, 0.3) is 0 Å². The molecular formula is C15H22O8. The minimum Gasteiger partial charge on any atom is -0.481 e. The smallest absolute Gasteiger partial charge is 0.333 e. The number of carbonyl (C=O) groups excluding carboxylic acids is 1. The second-order valence-corrected chi connectivity index (χ2v) is 4.77. The number of hydrogen-bond acceptors (Lipinski definition) is 6. The highest BCUT2D eigenvalue weighted by Crippen LogP contribution is 2.11. The molecule has 23 heavy (non-hydrogen) atoms. The SMILES string of the molecule is C=C(CCO)C(=O)O.C=C1CCOC1=O.O=C(O)C1CCOC1. The molecular weight excluding hydrogens is 308 g/mol. The lowest BCUT2D eigenvalue weighted by atomic mass is 10.1. The van der Waals surface area contributed by atoms with Gasteiger partial charge in [-0.1, -0.05) is 13.2 Å². The van der Waals surface area contributed by atoms with Crippen molar-refractivity contribution < 1.29 is 39.2 Å². The van der Waals surface area contributed by atoms with Gasteiger partial charge in [-0.15, -0.1) is 0 Å². The van der Waals surface area contributed by atoms with Crippen molar-refractivity contribution in [1.29, 1.82) is 0 Å². The number of carbonyl (C=O) groups is 3. The van der Waals surface area contributed by atoms with Crippen molar-refractivity contribution >= 4 is 17.9 Å². The summed E-state index contributed by atoms with van der Waals surface area (Å²) in [5.74, 6) is -2.25. The van der Waals surface area contributed by atoms with Gasteiger partial charge in [0.25, 0.3) is 0 Å². The van der Waals surface area contributed by atoms with Gasteiger partial charge in [0, 0.05) is 37.2 Å². The number of hydrogen-bond donors (Lipinski definition) is 3. The highest BCUT2D eigenvalue weighted by Gasteiger charge is 2.22. The molecule has 2 aliphatic rings. The molecule has 2 aliphatic heterocycles. The van der Waals surface area contributed by atoms with E-state index in [-0.39, 0.29) is 30.5 Å². The summed E-state index contributed by atoms with van der Waals surface area (Å²) in [6.07, 6.45) is 1.53. The number of rotatable bonds is 4. The highest BCUT2D eigenvalue weighted by molar-refractivity contribution is 5.89. The van der Waals surface area contributed by atoms with Crippen molar-refractivity contribution in [2.24, 2.45) is 5.92 Å². The first kappa shape index (κ1) is 20.8. The average Bonchev–Trinajstić information content (AvgIpc) is 3.13. The largest absolute Gasteiger partial charge is 0.481 e. The molecule has 0 amide bonds. The molecule has 130 valence electrons. The quantitative estimate of drug-likeness (QED) is 0.505. The van der Waals surface area contributed by atoms with E-state index in [2.05, 4.69) is 17.9 Å². The molecule has 2 rings (SSSR count). The Hall–Kier alpha value is -2.19. The van der Waals surface area contributed by atoms with Gasteiger partial charge in [-0.3, -0.25) is 4.79 Å². The number of carboxylic acids is 2. The fraction of sp³-hybridized carbons (Fsp3) is 0.533. The fourth-order valence-electron chi connectivity index (χ4n) is 1.44. The number of cyclic esters (lactones) is 1. The van der Waals surface area contributed by atoms with E-state index >= 15 is 0 Å². The number of carboxylic acid groups (broad SMARTS) is 2. The third-order valence-electron chi connectivity index (χ3n) is 2.92. The lowest BCUT2D eigenvalue weighted by molar-refractivity contribution is -0.141. The van der Waals surface area contributed by atoms with Crippen LogP contribution in [0.15, 0.2) is 24.3 Å². The molecule has 0 aromatic carbocycles. The van der Waals surface area contributed by atoms with Crippen LogP contribution in [0, 0.1) is 5.92 Å². The van der Waals surface area contributed by atoms with E-state index in [1.165, 1.54) is 0 Å². The van der Waals surface area contributed by atoms with Crippen molar-refractivity contribution in [2.45, 2.75) is 19.3 Å². The Kier molecular flexibility index (Phi) is 10.3. The minimum atomic E-state index is -1.04. The maximum Gasteiger partial charge on any atom is 0.333 e. The monoisotopic (exact) mass is 330 g/mol. The maximum atomic E-state index is 10.3. The molecule has 2 saturated heterocycles. The van der Waals surface area contributed by atoms with Crippen LogP contribution in [0.4, 0.5) is 0 Å². The zero-order valence-corrected chi connectivity index (χ0v) is 12.8. The lowest BCUT2D eigenvalue weighted by Gasteiger charge is -1.95. The van der Waals surface area contributed by atoms with Gasteiger partial charge in [-0.2, -0.15) is 0 Å². The zero-order valence-electron chi connectivity index (χ0n) is 12.8. The predicted molar refractivity (Wildman–Crippen MR) is 79.8 cm³/mol. The molecule has 8 nitrogen and oxygen atoms in total. The first-order chi connectivity index (χ1) is 10.8. The van der Waals surface area contributed by atoms with E-state index in [0.29, 0.717) is 38.2 Å². The Balaban J connectivity index is 0.000000316. The Labute approximate surface area is 134 Å². The topological polar surface area (TPSA) is 130 Å². The molecule has 1 unspecified atom stereocenters. The van der Waals surface area contributed by atoms with Gasteiger partial charge in [-0.05, 0) is 6.42 Å². The molecule has 2 heterocycles. The van der Waals surface area contributed by atoms with Gasteiger partial charge >= 0.3 is 17.9 Å². The van der Waals surface area contributed by atoms with Gasteiger partial charge in [0.05, 0.1) is 19.1 Å². The standard InChI is InChI=1S/2C5H8O3.C5H6O2/c6-5(7)4-1-2-8-3-4;1-4(2-3-6)5(7)8;1-4-2-3-7-5(4)6/h4H,1-3H2,(H,6,7);6H,1-3H2,(H,7,8);1-3H2. The molecule has 3 N–H and O–H groups in total. The first-order valence-corrected chi connectivity index (χ1v) is 6.97. The van der Waals surface area contributed by atoms with Crippen molar-refractivity contribution in [3.63, 3.8) is 0 Å². The van der Waals surface area contributed by atoms with E-state index in [4.69, 9.17) is 20.1 Å². The number of ether oxygens (including phenoxy) is 2. The van der Waals surface area contributed by atoms with Crippen LogP contribution in [0.1, 0.15) is 19.3 Å². The second-order valence-electron chi connectivity index (χ2n) is 4.77. The van der Waals surface area contributed by atoms with Gasteiger partial charge < -0.3 is 24.8 Å². The Bertz CT molecular complexity index is 434. The Morgan fingerprint density at radius 2 is 1.91 bits per heavy atom. The first-order valence-electron chi connectivity index (χ1n) is 6.97. The number of aliphatic carboxylic acids is 2. The molecule has 2 fully saturated rings. The van der Waals surface area contributed by atoms with Crippen LogP contribution in [0.2, 0.25) is 0 Å². The summed E-state index contributed by atoms with van der Waals surface area (Å²) in [5.41, 5.74) is 0.646. The molecule has 0 bridgehead atoms. The van der Waals surface area contributed by atoms with Crippen LogP contribution < -0.4 is 0 Å². The molecule has 1 atom stereocenters. The molecule has 0 radical (unpaired) electrons. The minimum absolute atomic E-state index is 0.0486. The van der Waals surface area contributed by atoms with Crippen LogP contribution in [-0.2, 0) is 23.9 Å². The summed E-state index contributed by atoms with van der Waals surface area (Å²) in [6.45, 7) is 8.03.